The molecule has 0 aromatic heterocycles. The molecule has 1 fully saturated rings. The fourth-order valence-corrected chi connectivity index (χ4v) is 3.78. The minimum Gasteiger partial charge on any atom is -0.313 e. The summed E-state index contributed by atoms with van der Waals surface area (Å²) in [6.45, 7) is 2.36. The lowest BCUT2D eigenvalue weighted by atomic mass is 9.96. The zero-order valence-electron chi connectivity index (χ0n) is 12.2. The Kier molecular flexibility index (Phi) is 2.71. The molecule has 0 amide bonds. The van der Waals surface area contributed by atoms with Crippen LogP contribution >= 0.6 is 0 Å². The van der Waals surface area contributed by atoms with Gasteiger partial charge in [0.15, 0.2) is 0 Å². The van der Waals surface area contributed by atoms with E-state index < -0.39 is 0 Å². The minimum atomic E-state index is 0.517. The lowest BCUT2D eigenvalue weighted by molar-refractivity contribution is 0.504. The Morgan fingerprint density at radius 3 is 2.55 bits per heavy atom. The van der Waals surface area contributed by atoms with Gasteiger partial charge in [-0.05, 0) is 65.6 Å². The van der Waals surface area contributed by atoms with Gasteiger partial charge in [0.1, 0.15) is 0 Å². The van der Waals surface area contributed by atoms with Crippen LogP contribution in [-0.4, -0.2) is 7.05 Å². The summed E-state index contributed by atoms with van der Waals surface area (Å²) in [6.07, 6.45) is 2.45. The normalized spacial score (nSPS) is 24.1. The predicted octanol–water partition coefficient (Wildman–Crippen LogP) is 4.17. The van der Waals surface area contributed by atoms with Gasteiger partial charge in [-0.25, -0.2) is 0 Å². The van der Waals surface area contributed by atoms with Crippen molar-refractivity contribution in [2.45, 2.75) is 25.8 Å². The van der Waals surface area contributed by atoms with Gasteiger partial charge in [0.05, 0.1) is 0 Å². The highest BCUT2D eigenvalue weighted by Gasteiger charge is 2.39. The maximum atomic E-state index is 3.53. The standard InChI is InChI=1S/C19H21N/c1-12-9-17(12)19(20-2)15-8-7-14-10-13-5-3-4-6-16(13)18(14)11-15/h3-8,11-12,17,19-20H,9-10H2,1-2H3. The molecule has 0 heterocycles. The van der Waals surface area contributed by atoms with Crippen molar-refractivity contribution >= 4 is 0 Å². The van der Waals surface area contributed by atoms with Crippen molar-refractivity contribution in [1.29, 1.82) is 0 Å². The number of rotatable bonds is 3. The summed E-state index contributed by atoms with van der Waals surface area (Å²) in [5, 5.41) is 3.53. The third-order valence-electron chi connectivity index (χ3n) is 5.09. The maximum absolute atomic E-state index is 3.53. The van der Waals surface area contributed by atoms with Gasteiger partial charge in [-0.2, -0.15) is 0 Å². The third kappa shape index (κ3) is 1.81. The van der Waals surface area contributed by atoms with Crippen molar-refractivity contribution in [3.8, 4) is 11.1 Å². The summed E-state index contributed by atoms with van der Waals surface area (Å²) >= 11 is 0. The van der Waals surface area contributed by atoms with Crippen LogP contribution in [0.25, 0.3) is 11.1 Å². The van der Waals surface area contributed by atoms with Crippen LogP contribution in [0.15, 0.2) is 42.5 Å². The quantitative estimate of drug-likeness (QED) is 0.747. The number of nitrogens with one attached hydrogen (secondary N) is 1. The second-order valence-corrected chi connectivity index (χ2v) is 6.39. The van der Waals surface area contributed by atoms with Crippen LogP contribution in [0.4, 0.5) is 0 Å². The van der Waals surface area contributed by atoms with E-state index in [1.54, 1.807) is 0 Å². The molecule has 1 heteroatoms. The van der Waals surface area contributed by atoms with Crippen molar-refractivity contribution in [2.24, 2.45) is 11.8 Å². The second kappa shape index (κ2) is 4.46. The molecule has 2 aromatic rings. The Bertz CT molecular complexity index is 659. The van der Waals surface area contributed by atoms with Crippen LogP contribution in [0, 0.1) is 11.8 Å². The number of hydrogen-bond acceptors (Lipinski definition) is 1. The Morgan fingerprint density at radius 2 is 1.80 bits per heavy atom. The predicted molar refractivity (Wildman–Crippen MR) is 83.8 cm³/mol. The number of fused-ring (bicyclic) bond motifs is 3. The SMILES string of the molecule is CNC(c1ccc2c(c1)-c1ccccc1C2)C1CC1C. The van der Waals surface area contributed by atoms with Crippen molar-refractivity contribution in [3.63, 3.8) is 0 Å². The van der Waals surface area contributed by atoms with E-state index in [2.05, 4.69) is 61.8 Å². The highest BCUT2D eigenvalue weighted by molar-refractivity contribution is 5.77. The molecule has 3 unspecified atom stereocenters. The Balaban J connectivity index is 1.75. The molecular formula is C19H21N. The van der Waals surface area contributed by atoms with Crippen molar-refractivity contribution in [1.82, 2.24) is 5.32 Å². The fraction of sp³-hybridized carbons (Fsp3) is 0.368. The van der Waals surface area contributed by atoms with Crippen LogP contribution < -0.4 is 5.32 Å². The molecule has 1 saturated carbocycles. The summed E-state index contributed by atoms with van der Waals surface area (Å²) < 4.78 is 0. The van der Waals surface area contributed by atoms with Crippen molar-refractivity contribution in [2.75, 3.05) is 7.05 Å². The second-order valence-electron chi connectivity index (χ2n) is 6.39. The fourth-order valence-electron chi connectivity index (χ4n) is 3.78. The molecule has 4 rings (SSSR count). The molecular weight excluding hydrogens is 242 g/mol. The van der Waals surface area contributed by atoms with E-state index in [1.807, 2.05) is 0 Å². The van der Waals surface area contributed by atoms with Crippen LogP contribution in [0.5, 0.6) is 0 Å². The molecule has 3 atom stereocenters. The van der Waals surface area contributed by atoms with Gasteiger partial charge in [-0.3, -0.25) is 0 Å². The monoisotopic (exact) mass is 263 g/mol. The van der Waals surface area contributed by atoms with E-state index in [0.717, 1.165) is 18.3 Å². The zero-order valence-corrected chi connectivity index (χ0v) is 12.2. The van der Waals surface area contributed by atoms with E-state index in [-0.39, 0.29) is 0 Å². The van der Waals surface area contributed by atoms with Gasteiger partial charge in [0.25, 0.3) is 0 Å². The third-order valence-corrected chi connectivity index (χ3v) is 5.09. The van der Waals surface area contributed by atoms with Gasteiger partial charge in [-0.15, -0.1) is 0 Å². The summed E-state index contributed by atoms with van der Waals surface area (Å²) in [6, 6.07) is 16.4. The van der Waals surface area contributed by atoms with Crippen LogP contribution in [0.2, 0.25) is 0 Å². The molecule has 1 nitrogen and oxygen atoms in total. The van der Waals surface area contributed by atoms with E-state index >= 15 is 0 Å². The first kappa shape index (κ1) is 12.2. The lowest BCUT2D eigenvalue weighted by Crippen LogP contribution is -2.19. The van der Waals surface area contributed by atoms with Gasteiger partial charge in [0, 0.05) is 6.04 Å². The molecule has 1 N–H and O–H groups in total. The molecule has 102 valence electrons. The highest BCUT2D eigenvalue weighted by Crippen LogP contribution is 2.48. The molecule has 0 aliphatic heterocycles. The van der Waals surface area contributed by atoms with Crippen molar-refractivity contribution in [3.05, 3.63) is 59.2 Å². The van der Waals surface area contributed by atoms with E-state index in [0.29, 0.717) is 6.04 Å². The van der Waals surface area contributed by atoms with Gasteiger partial charge < -0.3 is 5.32 Å². The molecule has 2 aromatic carbocycles. The van der Waals surface area contributed by atoms with E-state index in [9.17, 15) is 0 Å². The van der Waals surface area contributed by atoms with Crippen LogP contribution in [-0.2, 0) is 6.42 Å². The highest BCUT2D eigenvalue weighted by atomic mass is 14.9. The lowest BCUT2D eigenvalue weighted by Gasteiger charge is -2.18. The van der Waals surface area contributed by atoms with Crippen LogP contribution in [0.3, 0.4) is 0 Å². The first-order chi connectivity index (χ1) is 9.78. The van der Waals surface area contributed by atoms with Crippen molar-refractivity contribution < 1.29 is 0 Å². The van der Waals surface area contributed by atoms with Gasteiger partial charge in [-0.1, -0.05) is 43.3 Å². The summed E-state index contributed by atoms with van der Waals surface area (Å²) in [5.41, 5.74) is 7.29. The number of hydrogen-bond donors (Lipinski definition) is 1. The molecule has 0 spiro atoms. The largest absolute Gasteiger partial charge is 0.313 e. The molecule has 0 radical (unpaired) electrons. The molecule has 0 saturated heterocycles. The Morgan fingerprint density at radius 1 is 1.05 bits per heavy atom. The topological polar surface area (TPSA) is 12.0 Å². The molecule has 2 aliphatic carbocycles. The summed E-state index contributed by atoms with van der Waals surface area (Å²) in [7, 11) is 2.09. The van der Waals surface area contributed by atoms with Crippen LogP contribution in [0.1, 0.15) is 36.1 Å². The average Bonchev–Trinajstić information content (AvgIpc) is 3.06. The minimum absolute atomic E-state index is 0.517. The van der Waals surface area contributed by atoms with E-state index in [4.69, 9.17) is 0 Å². The number of benzene rings is 2. The molecule has 2 aliphatic rings. The smallest absolute Gasteiger partial charge is 0.0349 e. The Labute approximate surface area is 121 Å². The first-order valence-electron chi connectivity index (χ1n) is 7.66. The first-order valence-corrected chi connectivity index (χ1v) is 7.66. The summed E-state index contributed by atoms with van der Waals surface area (Å²) in [5.74, 6) is 1.68. The average molecular weight is 263 g/mol. The van der Waals surface area contributed by atoms with Gasteiger partial charge >= 0.3 is 0 Å². The maximum Gasteiger partial charge on any atom is 0.0349 e. The zero-order chi connectivity index (χ0) is 13.7. The van der Waals surface area contributed by atoms with Gasteiger partial charge in [0.2, 0.25) is 0 Å². The molecule has 20 heavy (non-hydrogen) atoms. The summed E-state index contributed by atoms with van der Waals surface area (Å²) in [4.78, 5) is 0. The molecule has 0 bridgehead atoms. The van der Waals surface area contributed by atoms with E-state index in [1.165, 1.54) is 34.2 Å². The Hall–Kier alpha value is -1.60.